The fraction of sp³-hybridized carbons (Fsp3) is 0.286. The minimum Gasteiger partial charge on any atom is -0.333 e. The van der Waals surface area contributed by atoms with Crippen LogP contribution in [-0.2, 0) is 7.05 Å². The largest absolute Gasteiger partial charge is 0.333 e. The summed E-state index contributed by atoms with van der Waals surface area (Å²) in [6, 6.07) is 0. The van der Waals surface area contributed by atoms with Crippen molar-refractivity contribution in [2.24, 2.45) is 12.5 Å². The van der Waals surface area contributed by atoms with E-state index >= 15 is 0 Å². The number of nitrogens with zero attached hydrogens (tertiary/aromatic N) is 4. The Morgan fingerprint density at radius 3 is 2.61 bits per heavy atom. The van der Waals surface area contributed by atoms with Gasteiger partial charge in [-0.15, -0.1) is 0 Å². The van der Waals surface area contributed by atoms with Gasteiger partial charge in [0.25, 0.3) is 0 Å². The second-order valence-corrected chi connectivity index (χ2v) is 9.31. The molecule has 146 valence electrons. The number of hydrogen-bond donors (Lipinski definition) is 0. The molecule has 0 aromatic carbocycles. The molecule has 0 aliphatic heterocycles. The second-order valence-electron chi connectivity index (χ2n) is 7.60. The highest BCUT2D eigenvalue weighted by atomic mass is 127. The van der Waals surface area contributed by atoms with Crippen molar-refractivity contribution in [1.29, 1.82) is 0 Å². The minimum atomic E-state index is -0.487. The Labute approximate surface area is 181 Å². The summed E-state index contributed by atoms with van der Waals surface area (Å²) in [5.74, 6) is 0.0606. The molecule has 28 heavy (non-hydrogen) atoms. The summed E-state index contributed by atoms with van der Waals surface area (Å²) in [6.45, 7) is 11.7. The van der Waals surface area contributed by atoms with Gasteiger partial charge >= 0.3 is 0 Å². The van der Waals surface area contributed by atoms with Crippen molar-refractivity contribution >= 4 is 59.4 Å². The molecule has 0 radical (unpaired) electrons. The second kappa shape index (κ2) is 7.87. The number of allylic oxidation sites excluding steroid dienone is 1. The maximum Gasteiger partial charge on any atom is 0.171 e. The van der Waals surface area contributed by atoms with Crippen LogP contribution >= 0.6 is 30.3 Å². The number of carbonyl (C=O) groups is 1. The van der Waals surface area contributed by atoms with Gasteiger partial charge in [0, 0.05) is 66.3 Å². The van der Waals surface area contributed by atoms with E-state index in [2.05, 4.69) is 36.7 Å². The summed E-state index contributed by atoms with van der Waals surface area (Å²) in [5, 5.41) is 0. The highest BCUT2D eigenvalue weighted by Crippen LogP contribution is 2.35. The lowest BCUT2D eigenvalue weighted by molar-refractivity contribution is 0.0860. The maximum absolute atomic E-state index is 12.9. The van der Waals surface area contributed by atoms with Crippen LogP contribution < -0.4 is 0 Å². The highest BCUT2D eigenvalue weighted by Gasteiger charge is 2.27. The Morgan fingerprint density at radius 1 is 1.32 bits per heavy atom. The van der Waals surface area contributed by atoms with E-state index in [1.54, 1.807) is 15.3 Å². The fourth-order valence-electron chi connectivity index (χ4n) is 3.15. The van der Waals surface area contributed by atoms with Crippen LogP contribution in [-0.4, -0.2) is 24.3 Å². The molecule has 3 aromatic heterocycles. The first kappa shape index (κ1) is 20.9. The van der Waals surface area contributed by atoms with Gasteiger partial charge in [-0.2, -0.15) is 0 Å². The number of Topliss-reactive ketones (excluding diaryl/α,β-unsaturated/α-hetero) is 1. The van der Waals surface area contributed by atoms with Crippen LogP contribution in [0.1, 0.15) is 49.3 Å². The van der Waals surface area contributed by atoms with E-state index < -0.39 is 5.41 Å². The van der Waals surface area contributed by atoms with Gasteiger partial charge in [-0.3, -0.25) is 8.77 Å². The Balaban J connectivity index is 2.28. The first-order valence-corrected chi connectivity index (χ1v) is 12.2. The summed E-state index contributed by atoms with van der Waals surface area (Å²) in [6.07, 6.45) is 11.5. The molecule has 0 N–H and O–H groups in total. The minimum absolute atomic E-state index is 0.0606. The Kier molecular flexibility index (Phi) is 5.86. The molecule has 0 saturated carbocycles. The van der Waals surface area contributed by atoms with Gasteiger partial charge in [0.15, 0.2) is 11.4 Å². The summed E-state index contributed by atoms with van der Waals surface area (Å²) >= 11 is 2.24. The van der Waals surface area contributed by atoms with Crippen LogP contribution in [0, 0.1) is 5.41 Å². The van der Waals surface area contributed by atoms with Crippen molar-refractivity contribution in [1.82, 2.24) is 18.5 Å². The van der Waals surface area contributed by atoms with E-state index in [-0.39, 0.29) is 5.78 Å². The average Bonchev–Trinajstić information content (AvgIpc) is 3.17. The molecule has 0 aliphatic rings. The number of halogens is 1. The van der Waals surface area contributed by atoms with Crippen LogP contribution in [0.5, 0.6) is 0 Å². The monoisotopic (exact) mass is 506 g/mol. The molecule has 0 fully saturated rings. The third kappa shape index (κ3) is 3.57. The molecule has 0 atom stereocenters. The predicted octanol–water partition coefficient (Wildman–Crippen LogP) is 6.19. The third-order valence-corrected chi connectivity index (χ3v) is 6.24. The van der Waals surface area contributed by atoms with E-state index in [4.69, 9.17) is 4.98 Å². The molecule has 0 amide bonds. The Hall–Kier alpha value is -1.87. The fourth-order valence-corrected chi connectivity index (χ4v) is 4.52. The lowest BCUT2D eigenvalue weighted by Crippen LogP contribution is -2.20. The van der Waals surface area contributed by atoms with Crippen LogP contribution in [0.3, 0.4) is 0 Å². The number of rotatable bonds is 5. The van der Waals surface area contributed by atoms with Crippen molar-refractivity contribution in [3.63, 3.8) is 0 Å². The molecule has 7 heteroatoms. The van der Waals surface area contributed by atoms with E-state index in [1.807, 2.05) is 69.9 Å². The molecule has 0 saturated heterocycles. The predicted molar refractivity (Wildman–Crippen MR) is 128 cm³/mol. The summed E-state index contributed by atoms with van der Waals surface area (Å²) < 4.78 is 3.91. The average molecular weight is 506 g/mol. The van der Waals surface area contributed by atoms with Crippen LogP contribution in [0.2, 0.25) is 0 Å². The van der Waals surface area contributed by atoms with Crippen LogP contribution in [0.4, 0.5) is 0 Å². The van der Waals surface area contributed by atoms with Gasteiger partial charge in [-0.1, -0.05) is 39.5 Å². The standard InChI is InChI=1S/C21H23IN4OS/c1-7-9-13-14(12-26(28-22)17(13)8-2)16-10-23-20-18(24-16)15(11-25(20)6)19(27)21(3,4)5/h7-12H,2H2,1,3-6H3/b9-7-. The zero-order valence-corrected chi connectivity index (χ0v) is 19.6. The van der Waals surface area contributed by atoms with Gasteiger partial charge in [-0.25, -0.2) is 9.97 Å². The zero-order valence-electron chi connectivity index (χ0n) is 16.7. The van der Waals surface area contributed by atoms with Gasteiger partial charge in [0.1, 0.15) is 5.52 Å². The lowest BCUT2D eigenvalue weighted by atomic mass is 9.87. The molecule has 0 unspecified atom stereocenters. The van der Waals surface area contributed by atoms with E-state index in [9.17, 15) is 4.79 Å². The maximum atomic E-state index is 12.9. The summed E-state index contributed by atoms with van der Waals surface area (Å²) in [5.41, 5.74) is 5.21. The number of aryl methyl sites for hydroxylation is 1. The Morgan fingerprint density at radius 2 is 2.04 bits per heavy atom. The van der Waals surface area contributed by atoms with Crippen LogP contribution in [0.15, 0.2) is 31.2 Å². The number of aromatic nitrogens is 4. The zero-order chi connectivity index (χ0) is 20.6. The van der Waals surface area contributed by atoms with Gasteiger partial charge in [0.2, 0.25) is 0 Å². The molecule has 3 aromatic rings. The first-order chi connectivity index (χ1) is 13.2. The normalized spacial score (nSPS) is 12.2. The lowest BCUT2D eigenvalue weighted by Gasteiger charge is -2.15. The van der Waals surface area contributed by atoms with Crippen molar-refractivity contribution < 1.29 is 4.79 Å². The van der Waals surface area contributed by atoms with E-state index in [0.29, 0.717) is 16.7 Å². The molecule has 0 spiro atoms. The smallest absolute Gasteiger partial charge is 0.171 e. The molecular formula is C21H23IN4OS. The van der Waals surface area contributed by atoms with Gasteiger partial charge in [0.05, 0.1) is 23.1 Å². The van der Waals surface area contributed by atoms with Crippen molar-refractivity contribution in [3.8, 4) is 11.3 Å². The number of ketones is 1. The molecule has 3 heterocycles. The third-order valence-electron chi connectivity index (χ3n) is 4.52. The molecule has 3 rings (SSSR count). The number of carbonyl (C=O) groups excluding carboxylic acids is 1. The van der Waals surface area contributed by atoms with Crippen molar-refractivity contribution in [3.05, 3.63) is 48.1 Å². The molecule has 5 nitrogen and oxygen atoms in total. The SMILES string of the molecule is C=Cc1c(/C=C\C)c(-c2cnc3c(n2)c(C(=O)C(C)(C)C)cn3C)cn1SI. The topological polar surface area (TPSA) is 52.7 Å². The summed E-state index contributed by atoms with van der Waals surface area (Å²) in [4.78, 5) is 22.4. The van der Waals surface area contributed by atoms with Gasteiger partial charge < -0.3 is 4.57 Å². The quantitative estimate of drug-likeness (QED) is 0.306. The number of fused-ring (bicyclic) bond motifs is 1. The summed E-state index contributed by atoms with van der Waals surface area (Å²) in [7, 11) is 3.46. The number of hydrogen-bond acceptors (Lipinski definition) is 4. The molecular weight excluding hydrogens is 483 g/mol. The highest BCUT2D eigenvalue weighted by molar-refractivity contribution is 14.2. The van der Waals surface area contributed by atoms with Crippen LogP contribution in [0.25, 0.3) is 34.6 Å². The van der Waals surface area contributed by atoms with Crippen molar-refractivity contribution in [2.45, 2.75) is 27.7 Å². The van der Waals surface area contributed by atoms with E-state index in [0.717, 1.165) is 22.5 Å². The Bertz CT molecular complexity index is 1100. The first-order valence-electron chi connectivity index (χ1n) is 8.89. The van der Waals surface area contributed by atoms with Gasteiger partial charge in [-0.05, 0) is 13.0 Å². The van der Waals surface area contributed by atoms with Crippen molar-refractivity contribution in [2.75, 3.05) is 0 Å². The molecule has 0 bridgehead atoms. The van der Waals surface area contributed by atoms with E-state index in [1.165, 1.54) is 0 Å². The molecule has 0 aliphatic carbocycles.